The Morgan fingerprint density at radius 2 is 1.52 bits per heavy atom. The van der Waals surface area contributed by atoms with Gasteiger partial charge in [-0.25, -0.2) is 4.39 Å². The standard InChI is InChI=1S/C26H25FO2/c1-2-19-17-28-26(29-18-19)14-10-21-5-3-20(4-6-21)7-8-22-9-11-24-16-25(27)13-12-23(24)15-22/h3-6,9,11-13,15-16,19,26H,2,10,14,17-18H2,1H3. The van der Waals surface area contributed by atoms with Gasteiger partial charge in [-0.3, -0.25) is 0 Å². The molecule has 0 atom stereocenters. The van der Waals surface area contributed by atoms with Crippen LogP contribution in [-0.4, -0.2) is 19.5 Å². The third-order valence-corrected chi connectivity index (χ3v) is 5.39. The van der Waals surface area contributed by atoms with Gasteiger partial charge in [-0.2, -0.15) is 0 Å². The van der Waals surface area contributed by atoms with Gasteiger partial charge in [-0.15, -0.1) is 0 Å². The van der Waals surface area contributed by atoms with E-state index in [4.69, 9.17) is 9.47 Å². The molecule has 1 aliphatic rings. The Morgan fingerprint density at radius 1 is 0.862 bits per heavy atom. The average Bonchev–Trinajstić information content (AvgIpc) is 2.77. The average molecular weight is 388 g/mol. The fourth-order valence-electron chi connectivity index (χ4n) is 3.46. The molecule has 3 heteroatoms. The zero-order valence-electron chi connectivity index (χ0n) is 16.7. The van der Waals surface area contributed by atoms with Crippen molar-refractivity contribution in [2.45, 2.75) is 32.5 Å². The highest BCUT2D eigenvalue weighted by molar-refractivity contribution is 5.83. The van der Waals surface area contributed by atoms with E-state index in [1.54, 1.807) is 6.07 Å². The van der Waals surface area contributed by atoms with Crippen LogP contribution in [0.15, 0.2) is 60.7 Å². The number of halogens is 1. The number of fused-ring (bicyclic) bond motifs is 1. The molecule has 1 fully saturated rings. The summed E-state index contributed by atoms with van der Waals surface area (Å²) >= 11 is 0. The highest BCUT2D eigenvalue weighted by atomic mass is 19.1. The third kappa shape index (κ3) is 5.23. The molecule has 0 unspecified atom stereocenters. The van der Waals surface area contributed by atoms with Gasteiger partial charge in [0.1, 0.15) is 5.82 Å². The van der Waals surface area contributed by atoms with Crippen LogP contribution in [0.2, 0.25) is 0 Å². The lowest BCUT2D eigenvalue weighted by Gasteiger charge is -2.28. The van der Waals surface area contributed by atoms with Crippen LogP contribution in [0.5, 0.6) is 0 Å². The van der Waals surface area contributed by atoms with Gasteiger partial charge in [0.05, 0.1) is 13.2 Å². The number of aryl methyl sites for hydroxylation is 1. The number of benzene rings is 3. The molecular formula is C26H25FO2. The van der Waals surface area contributed by atoms with Crippen LogP contribution in [0.25, 0.3) is 10.8 Å². The lowest BCUT2D eigenvalue weighted by molar-refractivity contribution is -0.202. The van der Waals surface area contributed by atoms with Crippen molar-refractivity contribution >= 4 is 10.8 Å². The first kappa shape index (κ1) is 19.6. The van der Waals surface area contributed by atoms with Crippen LogP contribution in [0.1, 0.15) is 36.5 Å². The minimum Gasteiger partial charge on any atom is -0.352 e. The number of hydrogen-bond acceptors (Lipinski definition) is 2. The van der Waals surface area contributed by atoms with E-state index < -0.39 is 0 Å². The minimum absolute atomic E-state index is 0.0846. The van der Waals surface area contributed by atoms with Crippen molar-refractivity contribution in [3.8, 4) is 11.8 Å². The molecule has 0 aliphatic carbocycles. The van der Waals surface area contributed by atoms with E-state index in [2.05, 4.69) is 43.0 Å². The summed E-state index contributed by atoms with van der Waals surface area (Å²) in [4.78, 5) is 0. The molecule has 0 saturated carbocycles. The van der Waals surface area contributed by atoms with Crippen molar-refractivity contribution < 1.29 is 13.9 Å². The summed E-state index contributed by atoms with van der Waals surface area (Å²) in [5, 5.41) is 1.88. The van der Waals surface area contributed by atoms with Gasteiger partial charge in [-0.1, -0.05) is 43.0 Å². The quantitative estimate of drug-likeness (QED) is 0.533. The number of ether oxygens (including phenoxy) is 2. The van der Waals surface area contributed by atoms with Crippen LogP contribution in [0.4, 0.5) is 4.39 Å². The second kappa shape index (κ2) is 9.22. The molecule has 0 radical (unpaired) electrons. The second-order valence-corrected chi connectivity index (χ2v) is 7.56. The highest BCUT2D eigenvalue weighted by Crippen LogP contribution is 2.19. The monoisotopic (exact) mass is 388 g/mol. The van der Waals surface area contributed by atoms with Crippen molar-refractivity contribution in [3.63, 3.8) is 0 Å². The van der Waals surface area contributed by atoms with Gasteiger partial charge >= 0.3 is 0 Å². The molecule has 0 spiro atoms. The Kier molecular flexibility index (Phi) is 6.24. The first-order valence-electron chi connectivity index (χ1n) is 10.2. The zero-order valence-corrected chi connectivity index (χ0v) is 16.7. The SMILES string of the molecule is CCC1COC(CCc2ccc(C#Cc3ccc4cc(F)ccc4c3)cc2)OC1. The van der Waals surface area contributed by atoms with Gasteiger partial charge in [0.25, 0.3) is 0 Å². The molecule has 0 N–H and O–H groups in total. The molecule has 1 heterocycles. The third-order valence-electron chi connectivity index (χ3n) is 5.39. The van der Waals surface area contributed by atoms with E-state index in [9.17, 15) is 4.39 Å². The first-order chi connectivity index (χ1) is 14.2. The molecule has 3 aromatic carbocycles. The smallest absolute Gasteiger partial charge is 0.157 e. The second-order valence-electron chi connectivity index (χ2n) is 7.56. The fraction of sp³-hybridized carbons (Fsp3) is 0.308. The summed E-state index contributed by atoms with van der Waals surface area (Å²) < 4.78 is 24.9. The molecule has 0 aromatic heterocycles. The van der Waals surface area contributed by atoms with E-state index in [0.717, 1.165) is 54.4 Å². The summed E-state index contributed by atoms with van der Waals surface area (Å²) in [6, 6.07) is 19.0. The molecular weight excluding hydrogens is 363 g/mol. The highest BCUT2D eigenvalue weighted by Gasteiger charge is 2.20. The van der Waals surface area contributed by atoms with Gasteiger partial charge < -0.3 is 9.47 Å². The Labute approximate surface area is 171 Å². The summed E-state index contributed by atoms with van der Waals surface area (Å²) in [5.74, 6) is 6.72. The molecule has 0 amide bonds. The van der Waals surface area contributed by atoms with Crippen molar-refractivity contribution in [2.75, 3.05) is 13.2 Å². The van der Waals surface area contributed by atoms with Crippen molar-refractivity contribution in [2.24, 2.45) is 5.92 Å². The van der Waals surface area contributed by atoms with E-state index in [1.807, 2.05) is 18.2 Å². The van der Waals surface area contributed by atoms with Crippen LogP contribution >= 0.6 is 0 Å². The summed E-state index contributed by atoms with van der Waals surface area (Å²) in [5.41, 5.74) is 3.15. The van der Waals surface area contributed by atoms with Crippen LogP contribution in [0, 0.1) is 23.6 Å². The number of hydrogen-bond donors (Lipinski definition) is 0. The maximum Gasteiger partial charge on any atom is 0.157 e. The van der Waals surface area contributed by atoms with Gasteiger partial charge in [-0.05, 0) is 65.6 Å². The van der Waals surface area contributed by atoms with Crippen LogP contribution in [-0.2, 0) is 15.9 Å². The Bertz CT molecular complexity index is 1020. The van der Waals surface area contributed by atoms with Gasteiger partial charge in [0.2, 0.25) is 0 Å². The Hall–Kier alpha value is -2.67. The zero-order chi connectivity index (χ0) is 20.1. The topological polar surface area (TPSA) is 18.5 Å². The van der Waals surface area contributed by atoms with Gasteiger partial charge in [0, 0.05) is 23.5 Å². The van der Waals surface area contributed by atoms with Crippen molar-refractivity contribution in [1.82, 2.24) is 0 Å². The maximum atomic E-state index is 13.3. The molecule has 1 aliphatic heterocycles. The molecule has 148 valence electrons. The normalized spacial score (nSPS) is 19.0. The molecule has 3 aromatic rings. The summed E-state index contributed by atoms with van der Waals surface area (Å²) in [7, 11) is 0. The first-order valence-corrected chi connectivity index (χ1v) is 10.2. The lowest BCUT2D eigenvalue weighted by Crippen LogP contribution is -2.32. The largest absolute Gasteiger partial charge is 0.352 e. The lowest BCUT2D eigenvalue weighted by atomic mass is 10.1. The molecule has 2 nitrogen and oxygen atoms in total. The molecule has 29 heavy (non-hydrogen) atoms. The predicted octanol–water partition coefficient (Wildman–Crippen LogP) is 5.71. The fourth-order valence-corrected chi connectivity index (χ4v) is 3.46. The van der Waals surface area contributed by atoms with Crippen LogP contribution in [0.3, 0.4) is 0 Å². The summed E-state index contributed by atoms with van der Waals surface area (Å²) in [6.07, 6.45) is 2.82. The van der Waals surface area contributed by atoms with E-state index >= 15 is 0 Å². The Morgan fingerprint density at radius 3 is 2.28 bits per heavy atom. The van der Waals surface area contributed by atoms with E-state index in [1.165, 1.54) is 17.7 Å². The van der Waals surface area contributed by atoms with Crippen molar-refractivity contribution in [1.29, 1.82) is 0 Å². The Balaban J connectivity index is 1.35. The van der Waals surface area contributed by atoms with E-state index in [0.29, 0.717) is 5.92 Å². The maximum absolute atomic E-state index is 13.3. The predicted molar refractivity (Wildman–Crippen MR) is 114 cm³/mol. The molecule has 4 rings (SSSR count). The van der Waals surface area contributed by atoms with Crippen LogP contribution < -0.4 is 0 Å². The summed E-state index contributed by atoms with van der Waals surface area (Å²) in [6.45, 7) is 3.78. The number of rotatable bonds is 4. The molecule has 1 saturated heterocycles. The minimum atomic E-state index is -0.219. The van der Waals surface area contributed by atoms with Crippen molar-refractivity contribution in [3.05, 3.63) is 83.2 Å². The van der Waals surface area contributed by atoms with E-state index in [-0.39, 0.29) is 12.1 Å². The molecule has 0 bridgehead atoms. The van der Waals surface area contributed by atoms with Gasteiger partial charge in [0.15, 0.2) is 6.29 Å².